The Kier molecular flexibility index (Phi) is 5.46. The van der Waals surface area contributed by atoms with Crippen LogP contribution in [0.3, 0.4) is 0 Å². The molecule has 2 aromatic heterocycles. The van der Waals surface area contributed by atoms with Crippen LogP contribution in [0.5, 0.6) is 5.75 Å². The molecule has 1 atom stereocenters. The van der Waals surface area contributed by atoms with Gasteiger partial charge in [-0.3, -0.25) is 4.79 Å². The fraction of sp³-hybridized carbons (Fsp3) is 0.318. The summed E-state index contributed by atoms with van der Waals surface area (Å²) >= 11 is 0. The second-order valence-electron chi connectivity index (χ2n) is 7.11. The van der Waals surface area contributed by atoms with E-state index in [1.165, 1.54) is 0 Å². The van der Waals surface area contributed by atoms with Crippen molar-refractivity contribution in [3.8, 4) is 11.6 Å². The van der Waals surface area contributed by atoms with Gasteiger partial charge in [0.1, 0.15) is 23.2 Å². The number of hydrogen-bond donors (Lipinski definition) is 0. The number of aromatic nitrogens is 3. The standard InChI is InChI=1S/C22H25N5O2/c1-17(29-19-8-4-3-5-9-19)22(28)27-14-12-26(13-15-27)21-16-20(23-18(2)24-21)25-10-6-7-11-25/h3-11,16-17H,12-15H2,1-2H3. The van der Waals surface area contributed by atoms with Crippen molar-refractivity contribution in [2.24, 2.45) is 0 Å². The van der Waals surface area contributed by atoms with Crippen molar-refractivity contribution in [1.82, 2.24) is 19.4 Å². The number of anilines is 1. The van der Waals surface area contributed by atoms with E-state index < -0.39 is 6.10 Å². The summed E-state index contributed by atoms with van der Waals surface area (Å²) < 4.78 is 7.76. The average molecular weight is 391 g/mol. The number of para-hydroxylation sites is 1. The number of amides is 1. The van der Waals surface area contributed by atoms with Gasteiger partial charge in [-0.2, -0.15) is 0 Å². The predicted molar refractivity (Wildman–Crippen MR) is 111 cm³/mol. The van der Waals surface area contributed by atoms with Crippen LogP contribution in [0, 0.1) is 6.92 Å². The Hall–Kier alpha value is -3.35. The molecule has 0 aliphatic carbocycles. The summed E-state index contributed by atoms with van der Waals surface area (Å²) in [5.41, 5.74) is 0. The number of hydrogen-bond acceptors (Lipinski definition) is 5. The molecule has 0 saturated carbocycles. The summed E-state index contributed by atoms with van der Waals surface area (Å²) in [7, 11) is 0. The van der Waals surface area contributed by atoms with Crippen molar-refractivity contribution in [3.05, 3.63) is 66.7 Å². The monoisotopic (exact) mass is 391 g/mol. The molecule has 1 fully saturated rings. The number of aryl methyl sites for hydroxylation is 1. The van der Waals surface area contributed by atoms with E-state index in [-0.39, 0.29) is 5.91 Å². The number of benzene rings is 1. The van der Waals surface area contributed by atoms with Crippen LogP contribution in [0.25, 0.3) is 5.82 Å². The summed E-state index contributed by atoms with van der Waals surface area (Å²) in [6, 6.07) is 15.4. The van der Waals surface area contributed by atoms with E-state index in [4.69, 9.17) is 4.74 Å². The van der Waals surface area contributed by atoms with Crippen LogP contribution in [0.1, 0.15) is 12.7 Å². The van der Waals surface area contributed by atoms with Crippen LogP contribution in [-0.2, 0) is 4.79 Å². The van der Waals surface area contributed by atoms with E-state index in [1.807, 2.05) is 77.3 Å². The smallest absolute Gasteiger partial charge is 0.263 e. The number of carbonyl (C=O) groups is 1. The first-order chi connectivity index (χ1) is 14.1. The summed E-state index contributed by atoms with van der Waals surface area (Å²) in [5, 5.41) is 0. The van der Waals surface area contributed by atoms with Gasteiger partial charge < -0.3 is 19.1 Å². The molecule has 0 spiro atoms. The number of nitrogens with zero attached hydrogens (tertiary/aromatic N) is 5. The highest BCUT2D eigenvalue weighted by atomic mass is 16.5. The zero-order valence-electron chi connectivity index (χ0n) is 16.7. The third-order valence-electron chi connectivity index (χ3n) is 5.00. The lowest BCUT2D eigenvalue weighted by Gasteiger charge is -2.36. The quantitative estimate of drug-likeness (QED) is 0.669. The molecule has 1 saturated heterocycles. The molecule has 7 heteroatoms. The van der Waals surface area contributed by atoms with Crippen LogP contribution < -0.4 is 9.64 Å². The summed E-state index contributed by atoms with van der Waals surface area (Å²) in [6.07, 6.45) is 3.43. The molecule has 1 aromatic carbocycles. The van der Waals surface area contributed by atoms with Gasteiger partial charge in [0.25, 0.3) is 5.91 Å². The molecule has 1 aliphatic heterocycles. The van der Waals surface area contributed by atoms with Gasteiger partial charge in [0.2, 0.25) is 0 Å². The Bertz CT molecular complexity index is 951. The number of carbonyl (C=O) groups excluding carboxylic acids is 1. The summed E-state index contributed by atoms with van der Waals surface area (Å²) in [4.78, 5) is 26.0. The first-order valence-corrected chi connectivity index (χ1v) is 9.84. The Morgan fingerprint density at radius 2 is 1.62 bits per heavy atom. The van der Waals surface area contributed by atoms with Crippen molar-refractivity contribution in [2.75, 3.05) is 31.1 Å². The molecule has 0 N–H and O–H groups in total. The molecular weight excluding hydrogens is 366 g/mol. The predicted octanol–water partition coefficient (Wildman–Crippen LogP) is 2.69. The number of rotatable bonds is 5. The Balaban J connectivity index is 1.39. The molecule has 0 bridgehead atoms. The minimum absolute atomic E-state index is 0.0143. The third-order valence-corrected chi connectivity index (χ3v) is 5.00. The molecule has 1 unspecified atom stereocenters. The van der Waals surface area contributed by atoms with Crippen molar-refractivity contribution < 1.29 is 9.53 Å². The van der Waals surface area contributed by atoms with Crippen molar-refractivity contribution in [2.45, 2.75) is 20.0 Å². The van der Waals surface area contributed by atoms with E-state index in [2.05, 4.69) is 14.9 Å². The maximum Gasteiger partial charge on any atom is 0.263 e. The molecule has 7 nitrogen and oxygen atoms in total. The van der Waals surface area contributed by atoms with Gasteiger partial charge in [-0.15, -0.1) is 0 Å². The molecule has 1 aliphatic rings. The largest absolute Gasteiger partial charge is 0.481 e. The van der Waals surface area contributed by atoms with Gasteiger partial charge in [-0.1, -0.05) is 18.2 Å². The van der Waals surface area contributed by atoms with Gasteiger partial charge in [-0.05, 0) is 38.1 Å². The van der Waals surface area contributed by atoms with Crippen LogP contribution in [-0.4, -0.2) is 57.6 Å². The third kappa shape index (κ3) is 4.39. The normalized spacial score (nSPS) is 15.2. The van der Waals surface area contributed by atoms with Crippen molar-refractivity contribution >= 4 is 11.7 Å². The van der Waals surface area contributed by atoms with Gasteiger partial charge in [0.05, 0.1) is 0 Å². The van der Waals surface area contributed by atoms with Crippen LogP contribution in [0.4, 0.5) is 5.82 Å². The molecule has 150 valence electrons. The van der Waals surface area contributed by atoms with Crippen molar-refractivity contribution in [1.29, 1.82) is 0 Å². The highest BCUT2D eigenvalue weighted by Crippen LogP contribution is 2.19. The van der Waals surface area contributed by atoms with E-state index in [9.17, 15) is 4.79 Å². The van der Waals surface area contributed by atoms with E-state index in [0.717, 1.165) is 30.5 Å². The lowest BCUT2D eigenvalue weighted by Crippen LogP contribution is -2.52. The molecular formula is C22H25N5O2. The van der Waals surface area contributed by atoms with Gasteiger partial charge in [0, 0.05) is 44.6 Å². The van der Waals surface area contributed by atoms with E-state index in [0.29, 0.717) is 18.8 Å². The molecule has 3 heterocycles. The van der Waals surface area contributed by atoms with E-state index in [1.54, 1.807) is 6.92 Å². The molecule has 29 heavy (non-hydrogen) atoms. The second-order valence-corrected chi connectivity index (χ2v) is 7.11. The second kappa shape index (κ2) is 8.34. The maximum absolute atomic E-state index is 12.8. The molecule has 1 amide bonds. The first kappa shape index (κ1) is 19.0. The van der Waals surface area contributed by atoms with Crippen LogP contribution >= 0.6 is 0 Å². The minimum atomic E-state index is -0.509. The lowest BCUT2D eigenvalue weighted by atomic mass is 10.2. The molecule has 0 radical (unpaired) electrons. The fourth-order valence-electron chi connectivity index (χ4n) is 3.48. The number of ether oxygens (including phenoxy) is 1. The fourth-order valence-corrected chi connectivity index (χ4v) is 3.48. The summed E-state index contributed by atoms with van der Waals surface area (Å²) in [6.45, 7) is 6.45. The Labute approximate surface area is 170 Å². The highest BCUT2D eigenvalue weighted by Gasteiger charge is 2.27. The maximum atomic E-state index is 12.8. The zero-order valence-corrected chi connectivity index (χ0v) is 16.7. The Morgan fingerprint density at radius 3 is 2.31 bits per heavy atom. The SMILES string of the molecule is Cc1nc(N2CCN(C(=O)C(C)Oc3ccccc3)CC2)cc(-n2cccc2)n1. The van der Waals surface area contributed by atoms with Crippen LogP contribution in [0.2, 0.25) is 0 Å². The molecule has 3 aromatic rings. The van der Waals surface area contributed by atoms with Gasteiger partial charge in [-0.25, -0.2) is 9.97 Å². The van der Waals surface area contributed by atoms with Crippen molar-refractivity contribution in [3.63, 3.8) is 0 Å². The Morgan fingerprint density at radius 1 is 0.966 bits per heavy atom. The number of piperazine rings is 1. The summed E-state index contributed by atoms with van der Waals surface area (Å²) in [5.74, 6) is 3.19. The van der Waals surface area contributed by atoms with Crippen LogP contribution in [0.15, 0.2) is 60.9 Å². The topological polar surface area (TPSA) is 63.5 Å². The molecule has 4 rings (SSSR count). The average Bonchev–Trinajstić information content (AvgIpc) is 3.29. The minimum Gasteiger partial charge on any atom is -0.481 e. The zero-order chi connectivity index (χ0) is 20.2. The van der Waals surface area contributed by atoms with Gasteiger partial charge in [0.15, 0.2) is 6.10 Å². The van der Waals surface area contributed by atoms with Gasteiger partial charge >= 0.3 is 0 Å². The lowest BCUT2D eigenvalue weighted by molar-refractivity contribution is -0.138. The van der Waals surface area contributed by atoms with E-state index >= 15 is 0 Å². The first-order valence-electron chi connectivity index (χ1n) is 9.84. The highest BCUT2D eigenvalue weighted by molar-refractivity contribution is 5.81.